The van der Waals surface area contributed by atoms with Crippen LogP contribution in [-0.4, -0.2) is 17.8 Å². The predicted octanol–water partition coefficient (Wildman–Crippen LogP) is 2.81. The Hall–Kier alpha value is -1.09. The van der Waals surface area contributed by atoms with Crippen LogP contribution in [0.25, 0.3) is 0 Å². The van der Waals surface area contributed by atoms with Gasteiger partial charge in [-0.05, 0) is 38.1 Å². The van der Waals surface area contributed by atoms with E-state index in [4.69, 9.17) is 11.6 Å². The standard InChI is InChI=1S/C11H13ClFNO/c1-8(2)14(11(15)7-12)10-5-3-9(13)4-6-10/h3-6,8H,7H2,1-2H3. The second-order valence-electron chi connectivity index (χ2n) is 3.47. The lowest BCUT2D eigenvalue weighted by atomic mass is 10.2. The third-order valence-electron chi connectivity index (χ3n) is 2.00. The molecule has 0 N–H and O–H groups in total. The van der Waals surface area contributed by atoms with Crippen LogP contribution >= 0.6 is 11.6 Å². The van der Waals surface area contributed by atoms with Crippen LogP contribution in [0.3, 0.4) is 0 Å². The van der Waals surface area contributed by atoms with Crippen molar-refractivity contribution < 1.29 is 9.18 Å². The first-order valence-electron chi connectivity index (χ1n) is 4.70. The minimum Gasteiger partial charge on any atom is -0.309 e. The van der Waals surface area contributed by atoms with Gasteiger partial charge in [0.1, 0.15) is 11.7 Å². The maximum Gasteiger partial charge on any atom is 0.242 e. The van der Waals surface area contributed by atoms with E-state index in [1.807, 2.05) is 13.8 Å². The van der Waals surface area contributed by atoms with Gasteiger partial charge in [0, 0.05) is 11.7 Å². The molecule has 1 amide bonds. The monoisotopic (exact) mass is 229 g/mol. The average molecular weight is 230 g/mol. The zero-order valence-corrected chi connectivity index (χ0v) is 9.46. The topological polar surface area (TPSA) is 20.3 Å². The van der Waals surface area contributed by atoms with Gasteiger partial charge in [-0.3, -0.25) is 4.79 Å². The molecular weight excluding hydrogens is 217 g/mol. The fourth-order valence-electron chi connectivity index (χ4n) is 1.40. The summed E-state index contributed by atoms with van der Waals surface area (Å²) in [5.74, 6) is -0.575. The van der Waals surface area contributed by atoms with Gasteiger partial charge in [0.25, 0.3) is 0 Å². The van der Waals surface area contributed by atoms with Crippen molar-refractivity contribution in [1.29, 1.82) is 0 Å². The summed E-state index contributed by atoms with van der Waals surface area (Å²) >= 11 is 5.51. The van der Waals surface area contributed by atoms with Gasteiger partial charge in [0.15, 0.2) is 0 Å². The van der Waals surface area contributed by atoms with E-state index >= 15 is 0 Å². The summed E-state index contributed by atoms with van der Waals surface area (Å²) < 4.78 is 12.7. The highest BCUT2D eigenvalue weighted by atomic mass is 35.5. The Labute approximate surface area is 93.6 Å². The summed E-state index contributed by atoms with van der Waals surface area (Å²) in [4.78, 5) is 13.1. The highest BCUT2D eigenvalue weighted by Gasteiger charge is 2.17. The van der Waals surface area contributed by atoms with Crippen LogP contribution < -0.4 is 4.90 Å². The minimum absolute atomic E-state index is 0.00158. The fraction of sp³-hybridized carbons (Fsp3) is 0.364. The molecule has 0 saturated heterocycles. The lowest BCUT2D eigenvalue weighted by Crippen LogP contribution is -2.37. The number of amides is 1. The van der Waals surface area contributed by atoms with E-state index in [0.717, 1.165) is 0 Å². The second kappa shape index (κ2) is 5.12. The first-order chi connectivity index (χ1) is 7.06. The van der Waals surface area contributed by atoms with Gasteiger partial charge in [0.2, 0.25) is 5.91 Å². The molecule has 15 heavy (non-hydrogen) atoms. The SMILES string of the molecule is CC(C)N(C(=O)CCl)c1ccc(F)cc1. The number of hydrogen-bond donors (Lipinski definition) is 0. The number of alkyl halides is 1. The molecule has 0 aliphatic rings. The number of hydrogen-bond acceptors (Lipinski definition) is 1. The molecule has 0 aromatic heterocycles. The van der Waals surface area contributed by atoms with Crippen LogP contribution in [0.2, 0.25) is 0 Å². The molecule has 82 valence electrons. The molecule has 0 unspecified atom stereocenters. The maximum atomic E-state index is 12.7. The Morgan fingerprint density at radius 2 is 1.93 bits per heavy atom. The largest absolute Gasteiger partial charge is 0.309 e. The molecule has 0 spiro atoms. The molecule has 2 nitrogen and oxygen atoms in total. The summed E-state index contributed by atoms with van der Waals surface area (Å²) in [5, 5.41) is 0. The molecule has 0 bridgehead atoms. The predicted molar refractivity (Wildman–Crippen MR) is 59.7 cm³/mol. The van der Waals surface area contributed by atoms with Gasteiger partial charge in [-0.1, -0.05) is 0 Å². The molecule has 0 fully saturated rings. The molecule has 1 aromatic rings. The third kappa shape index (κ3) is 2.93. The van der Waals surface area contributed by atoms with Crippen molar-refractivity contribution in [3.05, 3.63) is 30.1 Å². The normalized spacial score (nSPS) is 10.5. The molecule has 0 radical (unpaired) electrons. The van der Waals surface area contributed by atoms with Gasteiger partial charge < -0.3 is 4.90 Å². The first kappa shape index (κ1) is 12.0. The summed E-state index contributed by atoms with van der Waals surface area (Å²) in [5.41, 5.74) is 0.664. The zero-order valence-electron chi connectivity index (χ0n) is 8.71. The summed E-state index contributed by atoms with van der Waals surface area (Å²) in [6.07, 6.45) is 0. The fourth-order valence-corrected chi connectivity index (χ4v) is 1.52. The molecule has 1 aromatic carbocycles. The quantitative estimate of drug-likeness (QED) is 0.730. The number of carbonyl (C=O) groups excluding carboxylic acids is 1. The van der Waals surface area contributed by atoms with Crippen molar-refractivity contribution >= 4 is 23.2 Å². The smallest absolute Gasteiger partial charge is 0.242 e. The Kier molecular flexibility index (Phi) is 4.09. The highest BCUT2D eigenvalue weighted by Crippen LogP contribution is 2.18. The van der Waals surface area contributed by atoms with E-state index in [1.54, 1.807) is 17.0 Å². The number of benzene rings is 1. The highest BCUT2D eigenvalue weighted by molar-refractivity contribution is 6.29. The van der Waals surface area contributed by atoms with Crippen molar-refractivity contribution in [2.24, 2.45) is 0 Å². The molecule has 0 saturated carbocycles. The summed E-state index contributed by atoms with van der Waals surface area (Å²) in [6.45, 7) is 3.77. The van der Waals surface area contributed by atoms with Crippen LogP contribution in [0.15, 0.2) is 24.3 Å². The average Bonchev–Trinajstić information content (AvgIpc) is 2.20. The molecular formula is C11H13ClFNO. The van der Waals surface area contributed by atoms with E-state index < -0.39 is 0 Å². The molecule has 4 heteroatoms. The molecule has 0 aliphatic heterocycles. The van der Waals surface area contributed by atoms with Crippen LogP contribution in [0.5, 0.6) is 0 Å². The number of rotatable bonds is 3. The lowest BCUT2D eigenvalue weighted by Gasteiger charge is -2.26. The Balaban J connectivity index is 2.99. The Morgan fingerprint density at radius 3 is 2.33 bits per heavy atom. The minimum atomic E-state index is -0.319. The third-order valence-corrected chi connectivity index (χ3v) is 2.23. The summed E-state index contributed by atoms with van der Waals surface area (Å²) in [7, 11) is 0. The second-order valence-corrected chi connectivity index (χ2v) is 3.73. The van der Waals surface area contributed by atoms with Gasteiger partial charge in [-0.15, -0.1) is 11.6 Å². The Bertz CT molecular complexity index is 337. The van der Waals surface area contributed by atoms with Gasteiger partial charge in [-0.2, -0.15) is 0 Å². The van der Waals surface area contributed by atoms with Crippen molar-refractivity contribution in [1.82, 2.24) is 0 Å². The maximum absolute atomic E-state index is 12.7. The number of halogens is 2. The van der Waals surface area contributed by atoms with Crippen LogP contribution in [-0.2, 0) is 4.79 Å². The van der Waals surface area contributed by atoms with E-state index in [1.165, 1.54) is 12.1 Å². The van der Waals surface area contributed by atoms with Crippen molar-refractivity contribution in [2.45, 2.75) is 19.9 Å². The van der Waals surface area contributed by atoms with Crippen LogP contribution in [0, 0.1) is 5.82 Å². The van der Waals surface area contributed by atoms with Crippen molar-refractivity contribution in [3.8, 4) is 0 Å². The van der Waals surface area contributed by atoms with Crippen LogP contribution in [0.4, 0.5) is 10.1 Å². The molecule has 1 rings (SSSR count). The molecule has 0 aliphatic carbocycles. The zero-order chi connectivity index (χ0) is 11.4. The van der Waals surface area contributed by atoms with E-state index in [-0.39, 0.29) is 23.6 Å². The lowest BCUT2D eigenvalue weighted by molar-refractivity contribution is -0.116. The van der Waals surface area contributed by atoms with Gasteiger partial charge in [0.05, 0.1) is 0 Å². The number of carbonyl (C=O) groups is 1. The number of anilines is 1. The molecule has 0 atom stereocenters. The van der Waals surface area contributed by atoms with E-state index in [2.05, 4.69) is 0 Å². The van der Waals surface area contributed by atoms with E-state index in [9.17, 15) is 9.18 Å². The summed E-state index contributed by atoms with van der Waals surface area (Å²) in [6, 6.07) is 5.79. The van der Waals surface area contributed by atoms with Gasteiger partial charge in [-0.25, -0.2) is 4.39 Å². The number of nitrogens with zero attached hydrogens (tertiary/aromatic N) is 1. The van der Waals surface area contributed by atoms with E-state index in [0.29, 0.717) is 5.69 Å². The van der Waals surface area contributed by atoms with Crippen molar-refractivity contribution in [3.63, 3.8) is 0 Å². The Morgan fingerprint density at radius 1 is 1.40 bits per heavy atom. The first-order valence-corrected chi connectivity index (χ1v) is 5.23. The molecule has 0 heterocycles. The van der Waals surface area contributed by atoms with Gasteiger partial charge >= 0.3 is 0 Å². The van der Waals surface area contributed by atoms with Crippen molar-refractivity contribution in [2.75, 3.05) is 10.8 Å². The van der Waals surface area contributed by atoms with Crippen LogP contribution in [0.1, 0.15) is 13.8 Å².